The number of benzene rings is 2. The van der Waals surface area contributed by atoms with Gasteiger partial charge in [0.2, 0.25) is 5.91 Å². The van der Waals surface area contributed by atoms with Crippen LogP contribution in [0.3, 0.4) is 0 Å². The van der Waals surface area contributed by atoms with Gasteiger partial charge < -0.3 is 23.8 Å². The van der Waals surface area contributed by atoms with Gasteiger partial charge in [-0.25, -0.2) is 9.59 Å². The molecule has 224 valence electrons. The van der Waals surface area contributed by atoms with Crippen molar-refractivity contribution in [2.45, 2.75) is 78.0 Å². The quantitative estimate of drug-likeness (QED) is 0.236. The van der Waals surface area contributed by atoms with E-state index in [-0.39, 0.29) is 25.5 Å². The first kappa shape index (κ1) is 32.2. The van der Waals surface area contributed by atoms with Crippen LogP contribution >= 0.6 is 15.9 Å². The molecule has 2 aromatic carbocycles. The molecule has 0 aromatic heterocycles. The Kier molecular flexibility index (Phi) is 10.3. The van der Waals surface area contributed by atoms with Crippen LogP contribution in [0.4, 0.5) is 4.79 Å². The topological polar surface area (TPSA) is 94.6 Å². The number of ether oxygens (including phenoxy) is 4. The van der Waals surface area contributed by atoms with Gasteiger partial charge in [-0.3, -0.25) is 9.69 Å². The zero-order chi connectivity index (χ0) is 30.5. The number of carbonyl (C=O) groups is 3. The molecule has 41 heavy (non-hydrogen) atoms. The number of rotatable bonds is 9. The Morgan fingerprint density at radius 2 is 1.63 bits per heavy atom. The van der Waals surface area contributed by atoms with Gasteiger partial charge in [0.15, 0.2) is 11.5 Å². The van der Waals surface area contributed by atoms with Crippen molar-refractivity contribution in [1.82, 2.24) is 9.80 Å². The van der Waals surface area contributed by atoms with Crippen LogP contribution in [0.5, 0.6) is 17.2 Å². The van der Waals surface area contributed by atoms with Crippen molar-refractivity contribution < 1.29 is 33.3 Å². The standard InChI is InChI=1S/C31H41BrN2O7/c1-9-39-27(36)23(34-26(35)19-33(28(34)30(2,3)4)29(37)41-31(5,6)7)16-21-12-15-24(38-8)25(17-21)40-22-13-10-20(18-32)11-14-22/h10-15,17,23,28H,9,16,18-19H2,1-8H3/t23-,28-/m1/s1. The van der Waals surface area contributed by atoms with Gasteiger partial charge in [0.1, 0.15) is 30.1 Å². The highest BCUT2D eigenvalue weighted by Gasteiger charge is 2.52. The summed E-state index contributed by atoms with van der Waals surface area (Å²) in [6.45, 7) is 12.7. The van der Waals surface area contributed by atoms with Gasteiger partial charge in [0, 0.05) is 17.2 Å². The van der Waals surface area contributed by atoms with Crippen LogP contribution in [-0.4, -0.2) is 65.8 Å². The minimum absolute atomic E-state index is 0.141. The number of carbonyl (C=O) groups excluding carboxylic acids is 3. The number of alkyl halides is 1. The number of hydrogen-bond acceptors (Lipinski definition) is 7. The zero-order valence-electron chi connectivity index (χ0n) is 25.2. The Bertz CT molecular complexity index is 1230. The highest BCUT2D eigenvalue weighted by Crippen LogP contribution is 2.37. The van der Waals surface area contributed by atoms with Crippen molar-refractivity contribution in [3.63, 3.8) is 0 Å². The number of nitrogens with zero attached hydrogens (tertiary/aromatic N) is 2. The highest BCUT2D eigenvalue weighted by molar-refractivity contribution is 9.08. The molecule has 1 fully saturated rings. The molecule has 3 rings (SSSR count). The molecule has 1 aliphatic heterocycles. The molecule has 9 nitrogen and oxygen atoms in total. The molecule has 0 bridgehead atoms. The van der Waals surface area contributed by atoms with Crippen LogP contribution in [0.2, 0.25) is 0 Å². The van der Waals surface area contributed by atoms with Gasteiger partial charge in [-0.2, -0.15) is 0 Å². The summed E-state index contributed by atoms with van der Waals surface area (Å²) in [5, 5.41) is 0.734. The summed E-state index contributed by atoms with van der Waals surface area (Å²) >= 11 is 3.44. The lowest BCUT2D eigenvalue weighted by Gasteiger charge is -2.42. The van der Waals surface area contributed by atoms with Crippen LogP contribution in [0.1, 0.15) is 59.6 Å². The van der Waals surface area contributed by atoms with E-state index >= 15 is 0 Å². The first-order chi connectivity index (χ1) is 19.2. The molecule has 1 aliphatic rings. The van der Waals surface area contributed by atoms with Crippen molar-refractivity contribution in [2.24, 2.45) is 5.41 Å². The minimum Gasteiger partial charge on any atom is -0.493 e. The smallest absolute Gasteiger partial charge is 0.412 e. The van der Waals surface area contributed by atoms with Crippen molar-refractivity contribution in [2.75, 3.05) is 20.3 Å². The normalized spacial score (nSPS) is 16.4. The highest BCUT2D eigenvalue weighted by atomic mass is 79.9. The van der Waals surface area contributed by atoms with Crippen molar-refractivity contribution in [3.8, 4) is 17.2 Å². The third kappa shape index (κ3) is 8.15. The first-order valence-corrected chi connectivity index (χ1v) is 14.8. The van der Waals surface area contributed by atoms with Gasteiger partial charge in [-0.15, -0.1) is 0 Å². The predicted molar refractivity (Wildman–Crippen MR) is 159 cm³/mol. The van der Waals surface area contributed by atoms with Crippen molar-refractivity contribution in [1.29, 1.82) is 0 Å². The largest absolute Gasteiger partial charge is 0.493 e. The van der Waals surface area contributed by atoms with E-state index in [2.05, 4.69) is 15.9 Å². The Morgan fingerprint density at radius 3 is 2.17 bits per heavy atom. The summed E-state index contributed by atoms with van der Waals surface area (Å²) in [5.41, 5.74) is 0.500. The number of halogens is 1. The summed E-state index contributed by atoms with van der Waals surface area (Å²) in [4.78, 5) is 43.0. The van der Waals surface area contributed by atoms with Gasteiger partial charge in [0.25, 0.3) is 0 Å². The van der Waals surface area contributed by atoms with Gasteiger partial charge in [-0.05, 0) is 63.1 Å². The molecule has 2 amide bonds. The lowest BCUT2D eigenvalue weighted by molar-refractivity contribution is -0.156. The van der Waals surface area contributed by atoms with Crippen molar-refractivity contribution in [3.05, 3.63) is 53.6 Å². The van der Waals surface area contributed by atoms with E-state index in [0.29, 0.717) is 17.2 Å². The minimum atomic E-state index is -0.987. The Hall–Kier alpha value is -3.27. The summed E-state index contributed by atoms with van der Waals surface area (Å²) in [7, 11) is 1.55. The Morgan fingerprint density at radius 1 is 1.00 bits per heavy atom. The number of methoxy groups -OCH3 is 1. The maximum atomic E-state index is 13.5. The maximum Gasteiger partial charge on any atom is 0.412 e. The third-order valence-electron chi connectivity index (χ3n) is 6.41. The van der Waals surface area contributed by atoms with E-state index in [1.807, 2.05) is 51.1 Å². The van der Waals surface area contributed by atoms with E-state index in [0.717, 1.165) is 16.5 Å². The first-order valence-electron chi connectivity index (χ1n) is 13.7. The molecule has 0 N–H and O–H groups in total. The van der Waals surface area contributed by atoms with E-state index < -0.39 is 35.3 Å². The van der Waals surface area contributed by atoms with E-state index in [1.165, 1.54) is 9.80 Å². The second kappa shape index (κ2) is 13.1. The maximum absolute atomic E-state index is 13.5. The van der Waals surface area contributed by atoms with Crippen LogP contribution in [-0.2, 0) is 30.8 Å². The molecule has 2 aromatic rings. The number of hydrogen-bond donors (Lipinski definition) is 0. The van der Waals surface area contributed by atoms with Crippen LogP contribution in [0.25, 0.3) is 0 Å². The summed E-state index contributed by atoms with van der Waals surface area (Å²) in [6.07, 6.45) is -1.20. The molecule has 0 spiro atoms. The Labute approximate surface area is 251 Å². The monoisotopic (exact) mass is 632 g/mol. The fourth-order valence-corrected chi connectivity index (χ4v) is 5.15. The number of esters is 1. The molecular weight excluding hydrogens is 592 g/mol. The lowest BCUT2D eigenvalue weighted by Crippen LogP contribution is -2.57. The SMILES string of the molecule is CCOC(=O)[C@@H](Cc1ccc(OC)c(Oc2ccc(CBr)cc2)c1)N1C(=O)CN(C(=O)OC(C)(C)C)[C@H]1C(C)(C)C. The fraction of sp³-hybridized carbons (Fsp3) is 0.516. The lowest BCUT2D eigenvalue weighted by atomic mass is 9.89. The molecule has 1 heterocycles. The number of amides is 2. The van der Waals surface area contributed by atoms with Crippen LogP contribution < -0.4 is 9.47 Å². The van der Waals surface area contributed by atoms with E-state index in [4.69, 9.17) is 18.9 Å². The Balaban J connectivity index is 1.99. The molecule has 0 aliphatic carbocycles. The zero-order valence-corrected chi connectivity index (χ0v) is 26.7. The molecule has 2 atom stereocenters. The molecular formula is C31H41BrN2O7. The average molecular weight is 634 g/mol. The molecule has 1 saturated heterocycles. The molecule has 0 unspecified atom stereocenters. The van der Waals surface area contributed by atoms with Crippen LogP contribution in [0.15, 0.2) is 42.5 Å². The van der Waals surface area contributed by atoms with Crippen LogP contribution in [0, 0.1) is 5.41 Å². The van der Waals surface area contributed by atoms with Crippen molar-refractivity contribution >= 4 is 33.9 Å². The molecule has 0 saturated carbocycles. The second-order valence-corrected chi connectivity index (χ2v) is 12.5. The second-order valence-electron chi connectivity index (χ2n) is 12.0. The average Bonchev–Trinajstić information content (AvgIpc) is 3.24. The van der Waals surface area contributed by atoms with Gasteiger partial charge >= 0.3 is 12.1 Å². The third-order valence-corrected chi connectivity index (χ3v) is 7.06. The summed E-state index contributed by atoms with van der Waals surface area (Å²) < 4.78 is 22.7. The van der Waals surface area contributed by atoms with Gasteiger partial charge in [0.05, 0.1) is 13.7 Å². The molecule has 10 heteroatoms. The van der Waals surface area contributed by atoms with E-state index in [1.54, 1.807) is 46.9 Å². The summed E-state index contributed by atoms with van der Waals surface area (Å²) in [5.74, 6) is 0.708. The van der Waals surface area contributed by atoms with Gasteiger partial charge in [-0.1, -0.05) is 54.9 Å². The fourth-order valence-electron chi connectivity index (χ4n) is 4.77. The summed E-state index contributed by atoms with van der Waals surface area (Å²) in [6, 6.07) is 12.0. The predicted octanol–water partition coefficient (Wildman–Crippen LogP) is 6.31. The van der Waals surface area contributed by atoms with E-state index in [9.17, 15) is 14.4 Å². The molecule has 0 radical (unpaired) electrons.